The highest BCUT2D eigenvalue weighted by Gasteiger charge is 2.50. The number of ether oxygens (including phenoxy) is 1. The summed E-state index contributed by atoms with van der Waals surface area (Å²) in [6, 6.07) is 28.8. The van der Waals surface area contributed by atoms with Gasteiger partial charge >= 0.3 is 6.09 Å². The number of anilines is 1. The van der Waals surface area contributed by atoms with Crippen molar-refractivity contribution in [3.05, 3.63) is 90.5 Å². The molecule has 174 valence electrons. The second-order valence-electron chi connectivity index (χ2n) is 10.2. The monoisotopic (exact) mass is 461 g/mol. The summed E-state index contributed by atoms with van der Waals surface area (Å²) in [4.78, 5) is 12.4. The van der Waals surface area contributed by atoms with Gasteiger partial charge in [-0.15, -0.1) is 0 Å². The van der Waals surface area contributed by atoms with E-state index in [1.807, 2.05) is 57.2 Å². The number of para-hydroxylation sites is 1. The van der Waals surface area contributed by atoms with E-state index in [4.69, 9.17) is 9.16 Å². The van der Waals surface area contributed by atoms with Crippen molar-refractivity contribution in [1.82, 2.24) is 0 Å². The first-order valence-corrected chi connectivity index (χ1v) is 13.3. The lowest BCUT2D eigenvalue weighted by Gasteiger charge is -2.43. The van der Waals surface area contributed by atoms with E-state index in [1.165, 1.54) is 10.4 Å². The first-order chi connectivity index (χ1) is 15.5. The van der Waals surface area contributed by atoms with E-state index in [1.54, 1.807) is 0 Å². The van der Waals surface area contributed by atoms with E-state index >= 15 is 0 Å². The van der Waals surface area contributed by atoms with Crippen molar-refractivity contribution in [2.24, 2.45) is 0 Å². The molecule has 0 aliphatic rings. The maximum atomic E-state index is 12.4. The third-order valence-electron chi connectivity index (χ3n) is 5.51. The molecule has 0 bridgehead atoms. The maximum absolute atomic E-state index is 12.4. The fraction of sp³-hybridized carbons (Fsp3) is 0.321. The SMILES string of the molecule is CC(C)(C)OC(=O)Nc1ccccc1CO[Si](c1ccccc1)(c1ccccc1)C(C)(C)C. The van der Waals surface area contributed by atoms with E-state index in [-0.39, 0.29) is 5.04 Å². The summed E-state index contributed by atoms with van der Waals surface area (Å²) in [7, 11) is -2.68. The predicted octanol–water partition coefficient (Wildman–Crippen LogP) is 6.11. The Labute approximate surface area is 199 Å². The Morgan fingerprint density at radius 2 is 1.24 bits per heavy atom. The fourth-order valence-corrected chi connectivity index (χ4v) is 8.66. The van der Waals surface area contributed by atoms with Crippen LogP contribution in [0.25, 0.3) is 0 Å². The van der Waals surface area contributed by atoms with Crippen molar-refractivity contribution in [3.63, 3.8) is 0 Å². The number of hydrogen-bond donors (Lipinski definition) is 1. The van der Waals surface area contributed by atoms with Crippen LogP contribution in [0.1, 0.15) is 47.1 Å². The molecular weight excluding hydrogens is 426 g/mol. The van der Waals surface area contributed by atoms with Crippen LogP contribution in [0.15, 0.2) is 84.9 Å². The molecule has 0 aromatic heterocycles. The lowest BCUT2D eigenvalue weighted by Crippen LogP contribution is -2.66. The number of amides is 1. The number of carbonyl (C=O) groups is 1. The average Bonchev–Trinajstić information content (AvgIpc) is 2.74. The second kappa shape index (κ2) is 9.94. The van der Waals surface area contributed by atoms with Crippen molar-refractivity contribution in [2.45, 2.75) is 58.8 Å². The molecule has 1 amide bonds. The van der Waals surface area contributed by atoms with Gasteiger partial charge in [-0.2, -0.15) is 0 Å². The zero-order valence-corrected chi connectivity index (χ0v) is 21.5. The topological polar surface area (TPSA) is 47.6 Å². The van der Waals surface area contributed by atoms with Crippen molar-refractivity contribution >= 4 is 30.5 Å². The molecule has 0 saturated carbocycles. The third kappa shape index (κ3) is 5.92. The molecular formula is C28H35NO3Si. The van der Waals surface area contributed by atoms with Gasteiger partial charge in [0.05, 0.1) is 6.61 Å². The molecule has 0 aliphatic heterocycles. The van der Waals surface area contributed by atoms with Gasteiger partial charge in [0.25, 0.3) is 8.32 Å². The number of nitrogens with one attached hydrogen (secondary N) is 1. The summed E-state index contributed by atoms with van der Waals surface area (Å²) < 4.78 is 12.5. The number of hydrogen-bond acceptors (Lipinski definition) is 3. The molecule has 0 radical (unpaired) electrons. The van der Waals surface area contributed by atoms with Crippen LogP contribution in [0.4, 0.5) is 10.5 Å². The van der Waals surface area contributed by atoms with Crippen LogP contribution in [-0.4, -0.2) is 20.0 Å². The molecule has 3 aromatic rings. The smallest absolute Gasteiger partial charge is 0.412 e. The first-order valence-electron chi connectivity index (χ1n) is 11.4. The molecule has 0 heterocycles. The van der Waals surface area contributed by atoms with Crippen LogP contribution < -0.4 is 15.7 Å². The Balaban J connectivity index is 1.99. The molecule has 33 heavy (non-hydrogen) atoms. The van der Waals surface area contributed by atoms with Crippen LogP contribution in [0.3, 0.4) is 0 Å². The van der Waals surface area contributed by atoms with Crippen molar-refractivity contribution in [2.75, 3.05) is 5.32 Å². The van der Waals surface area contributed by atoms with Crippen LogP contribution in [0.5, 0.6) is 0 Å². The number of rotatable bonds is 6. The summed E-state index contributed by atoms with van der Waals surface area (Å²) in [5, 5.41) is 5.22. The molecule has 3 aromatic carbocycles. The minimum absolute atomic E-state index is 0.122. The molecule has 3 rings (SSSR count). The summed E-state index contributed by atoms with van der Waals surface area (Å²) in [5.74, 6) is 0. The molecule has 5 heteroatoms. The van der Waals surface area contributed by atoms with Gasteiger partial charge in [0, 0.05) is 11.3 Å². The highest BCUT2D eigenvalue weighted by Crippen LogP contribution is 2.37. The van der Waals surface area contributed by atoms with E-state index in [0.29, 0.717) is 12.3 Å². The Morgan fingerprint density at radius 1 is 0.758 bits per heavy atom. The van der Waals surface area contributed by atoms with Crippen LogP contribution in [0, 0.1) is 0 Å². The Hall–Kier alpha value is -2.89. The summed E-state index contributed by atoms with van der Waals surface area (Å²) >= 11 is 0. The third-order valence-corrected chi connectivity index (χ3v) is 10.5. The summed E-state index contributed by atoms with van der Waals surface area (Å²) in [6.45, 7) is 12.7. The molecule has 0 unspecified atom stereocenters. The minimum atomic E-state index is -2.68. The van der Waals surface area contributed by atoms with Gasteiger partial charge in [-0.05, 0) is 42.2 Å². The Kier molecular flexibility index (Phi) is 7.45. The van der Waals surface area contributed by atoms with Gasteiger partial charge < -0.3 is 9.16 Å². The molecule has 0 fully saturated rings. The number of carbonyl (C=O) groups excluding carboxylic acids is 1. The standard InChI is InChI=1S/C28H35NO3Si/c1-27(2,3)32-26(30)29-25-20-14-13-15-22(25)21-31-33(28(4,5)6,23-16-9-7-10-17-23)24-18-11-8-12-19-24/h7-20H,21H2,1-6H3,(H,29,30). The predicted molar refractivity (Wildman–Crippen MR) is 139 cm³/mol. The summed E-state index contributed by atoms with van der Waals surface area (Å²) in [6.07, 6.45) is -0.472. The molecule has 0 saturated heterocycles. The van der Waals surface area contributed by atoms with Gasteiger partial charge in [0.2, 0.25) is 0 Å². The highest BCUT2D eigenvalue weighted by molar-refractivity contribution is 6.99. The molecule has 0 aliphatic carbocycles. The van der Waals surface area contributed by atoms with E-state index in [2.05, 4.69) is 74.6 Å². The van der Waals surface area contributed by atoms with Gasteiger partial charge in [-0.3, -0.25) is 5.32 Å². The molecule has 0 spiro atoms. The lowest BCUT2D eigenvalue weighted by molar-refractivity contribution is 0.0635. The molecule has 1 N–H and O–H groups in total. The van der Waals surface area contributed by atoms with Gasteiger partial charge in [-0.1, -0.05) is 99.6 Å². The highest BCUT2D eigenvalue weighted by atomic mass is 28.4. The number of benzene rings is 3. The molecule has 4 nitrogen and oxygen atoms in total. The fourth-order valence-electron chi connectivity index (χ4n) is 4.13. The Morgan fingerprint density at radius 3 is 1.73 bits per heavy atom. The normalized spacial score (nSPS) is 12.3. The van der Waals surface area contributed by atoms with Gasteiger partial charge in [-0.25, -0.2) is 4.79 Å². The van der Waals surface area contributed by atoms with E-state index < -0.39 is 20.0 Å². The zero-order chi connectivity index (χ0) is 24.1. The maximum Gasteiger partial charge on any atom is 0.412 e. The second-order valence-corrected chi connectivity index (χ2v) is 14.5. The quantitative estimate of drug-likeness (QED) is 0.451. The van der Waals surface area contributed by atoms with Crippen molar-refractivity contribution < 1.29 is 14.0 Å². The zero-order valence-electron chi connectivity index (χ0n) is 20.5. The first kappa shape index (κ1) is 24.7. The Bertz CT molecular complexity index is 1010. The van der Waals surface area contributed by atoms with E-state index in [9.17, 15) is 4.79 Å². The average molecular weight is 462 g/mol. The lowest BCUT2D eigenvalue weighted by atomic mass is 10.2. The van der Waals surface area contributed by atoms with Crippen LogP contribution in [0.2, 0.25) is 5.04 Å². The van der Waals surface area contributed by atoms with Gasteiger partial charge in [0.1, 0.15) is 5.60 Å². The van der Waals surface area contributed by atoms with E-state index in [0.717, 1.165) is 5.56 Å². The van der Waals surface area contributed by atoms with Crippen molar-refractivity contribution in [1.29, 1.82) is 0 Å². The van der Waals surface area contributed by atoms with Crippen molar-refractivity contribution in [3.8, 4) is 0 Å². The van der Waals surface area contributed by atoms with Crippen LogP contribution >= 0.6 is 0 Å². The minimum Gasteiger partial charge on any atom is -0.444 e. The largest absolute Gasteiger partial charge is 0.444 e. The molecule has 0 atom stereocenters. The van der Waals surface area contributed by atoms with Crippen LogP contribution in [-0.2, 0) is 15.8 Å². The summed E-state index contributed by atoms with van der Waals surface area (Å²) in [5.41, 5.74) is 1.05. The van der Waals surface area contributed by atoms with Gasteiger partial charge in [0.15, 0.2) is 0 Å².